The van der Waals surface area contributed by atoms with Crippen molar-refractivity contribution in [1.29, 1.82) is 0 Å². The predicted molar refractivity (Wildman–Crippen MR) is 108 cm³/mol. The Morgan fingerprint density at radius 1 is 1.11 bits per heavy atom. The molecule has 1 aliphatic rings. The normalized spacial score (nSPS) is 19.4. The lowest BCUT2D eigenvalue weighted by Gasteiger charge is -2.48. The van der Waals surface area contributed by atoms with Gasteiger partial charge < -0.3 is 19.6 Å². The number of rotatable bonds is 5. The van der Waals surface area contributed by atoms with Gasteiger partial charge in [-0.3, -0.25) is 4.79 Å². The number of amides is 1. The summed E-state index contributed by atoms with van der Waals surface area (Å²) in [5.74, 6) is 0.987. The number of nitrogens with zero attached hydrogens (tertiary/aromatic N) is 2. The smallest absolute Gasteiger partial charge is 0.234 e. The molecule has 1 amide bonds. The molecule has 0 bridgehead atoms. The summed E-state index contributed by atoms with van der Waals surface area (Å²) < 4.78 is 5.50. The number of benzene rings is 2. The third-order valence-electron chi connectivity index (χ3n) is 5.45. The van der Waals surface area contributed by atoms with E-state index in [2.05, 4.69) is 0 Å². The zero-order chi connectivity index (χ0) is 19.9. The number of anilines is 1. The van der Waals surface area contributed by atoms with Gasteiger partial charge in [0.15, 0.2) is 0 Å². The first-order valence-corrected chi connectivity index (χ1v) is 9.17. The van der Waals surface area contributed by atoms with Crippen molar-refractivity contribution in [2.24, 2.45) is 5.92 Å². The minimum atomic E-state index is -0.144. The van der Waals surface area contributed by atoms with E-state index in [4.69, 9.17) is 4.74 Å². The quantitative estimate of drug-likeness (QED) is 0.820. The number of ether oxygens (including phenoxy) is 1. The molecule has 0 unspecified atom stereocenters. The molecule has 2 atom stereocenters. The van der Waals surface area contributed by atoms with Crippen LogP contribution in [0.2, 0.25) is 0 Å². The highest BCUT2D eigenvalue weighted by molar-refractivity contribution is 6.03. The highest BCUT2D eigenvalue weighted by Gasteiger charge is 2.49. The first-order chi connectivity index (χ1) is 12.7. The van der Waals surface area contributed by atoms with Crippen LogP contribution in [0.3, 0.4) is 0 Å². The van der Waals surface area contributed by atoms with Crippen LogP contribution in [0.1, 0.15) is 28.3 Å². The van der Waals surface area contributed by atoms with E-state index in [1.165, 1.54) is 0 Å². The zero-order valence-electron chi connectivity index (χ0n) is 16.9. The van der Waals surface area contributed by atoms with Gasteiger partial charge in [0.1, 0.15) is 11.5 Å². The molecule has 1 aliphatic heterocycles. The van der Waals surface area contributed by atoms with Gasteiger partial charge in [0.2, 0.25) is 5.91 Å². The summed E-state index contributed by atoms with van der Waals surface area (Å²) in [7, 11) is 5.59. The Hall–Kier alpha value is -2.53. The van der Waals surface area contributed by atoms with Crippen molar-refractivity contribution in [3.05, 3.63) is 52.6 Å². The van der Waals surface area contributed by atoms with Crippen LogP contribution >= 0.6 is 0 Å². The molecule has 1 N–H and O–H groups in total. The van der Waals surface area contributed by atoms with Gasteiger partial charge in [-0.25, -0.2) is 0 Å². The SMILES string of the molecule is COc1cc(N2C(=O)[C@H](CN(C)C)[C@@H]2c2ccc(C)c(O)c2)cc(C)c1C. The number of phenolic OH excluding ortho intramolecular Hbond substituents is 1. The van der Waals surface area contributed by atoms with E-state index < -0.39 is 0 Å². The summed E-state index contributed by atoms with van der Waals surface area (Å²) in [6, 6.07) is 9.52. The fourth-order valence-electron chi connectivity index (χ4n) is 3.76. The number of phenols is 1. The molecular weight excluding hydrogens is 340 g/mol. The molecule has 0 spiro atoms. The van der Waals surface area contributed by atoms with E-state index in [0.29, 0.717) is 6.54 Å². The van der Waals surface area contributed by atoms with Gasteiger partial charge in [-0.2, -0.15) is 0 Å². The van der Waals surface area contributed by atoms with Crippen molar-refractivity contribution < 1.29 is 14.6 Å². The van der Waals surface area contributed by atoms with Crippen LogP contribution < -0.4 is 9.64 Å². The summed E-state index contributed by atoms with van der Waals surface area (Å²) in [6.07, 6.45) is 0. The molecule has 2 aromatic rings. The minimum Gasteiger partial charge on any atom is -0.508 e. The highest BCUT2D eigenvalue weighted by Crippen LogP contribution is 2.46. The fourth-order valence-corrected chi connectivity index (χ4v) is 3.76. The van der Waals surface area contributed by atoms with Crippen LogP contribution in [0.25, 0.3) is 0 Å². The molecule has 2 aromatic carbocycles. The lowest BCUT2D eigenvalue weighted by molar-refractivity contribution is -0.131. The first kappa shape index (κ1) is 19.2. The van der Waals surface area contributed by atoms with Crippen LogP contribution in [0.5, 0.6) is 11.5 Å². The van der Waals surface area contributed by atoms with E-state index in [9.17, 15) is 9.90 Å². The Bertz CT molecular complexity index is 876. The Labute approximate surface area is 161 Å². The van der Waals surface area contributed by atoms with E-state index in [1.807, 2.05) is 68.9 Å². The van der Waals surface area contributed by atoms with Crippen molar-refractivity contribution in [3.8, 4) is 11.5 Å². The van der Waals surface area contributed by atoms with Crippen LogP contribution in [0, 0.1) is 26.7 Å². The number of hydrogen-bond donors (Lipinski definition) is 1. The van der Waals surface area contributed by atoms with Gasteiger partial charge in [-0.15, -0.1) is 0 Å². The monoisotopic (exact) mass is 368 g/mol. The number of aromatic hydroxyl groups is 1. The number of methoxy groups -OCH3 is 1. The summed E-state index contributed by atoms with van der Waals surface area (Å²) in [5.41, 5.74) is 4.76. The second-order valence-corrected chi connectivity index (χ2v) is 7.66. The third kappa shape index (κ3) is 3.39. The molecule has 0 aromatic heterocycles. The van der Waals surface area contributed by atoms with Gasteiger partial charge in [0, 0.05) is 18.3 Å². The number of carbonyl (C=O) groups excluding carboxylic acids is 1. The lowest BCUT2D eigenvalue weighted by atomic mass is 9.81. The molecule has 0 radical (unpaired) electrons. The maximum atomic E-state index is 13.0. The van der Waals surface area contributed by atoms with E-state index in [1.54, 1.807) is 13.2 Å². The topological polar surface area (TPSA) is 53.0 Å². The van der Waals surface area contributed by atoms with Gasteiger partial charge in [-0.05, 0) is 69.3 Å². The Kier molecular flexibility index (Phi) is 5.16. The van der Waals surface area contributed by atoms with E-state index >= 15 is 0 Å². The minimum absolute atomic E-state index is 0.0964. The summed E-state index contributed by atoms with van der Waals surface area (Å²) in [4.78, 5) is 16.9. The number of carbonyl (C=O) groups is 1. The second-order valence-electron chi connectivity index (χ2n) is 7.66. The molecule has 3 rings (SSSR count). The van der Waals surface area contributed by atoms with Gasteiger partial charge in [0.05, 0.1) is 19.1 Å². The van der Waals surface area contributed by atoms with Gasteiger partial charge in [-0.1, -0.05) is 12.1 Å². The van der Waals surface area contributed by atoms with Crippen molar-refractivity contribution in [3.63, 3.8) is 0 Å². The van der Waals surface area contributed by atoms with Crippen molar-refractivity contribution >= 4 is 11.6 Å². The largest absolute Gasteiger partial charge is 0.508 e. The number of aryl methyl sites for hydroxylation is 2. The summed E-state index contributed by atoms with van der Waals surface area (Å²) in [5, 5.41) is 10.2. The van der Waals surface area contributed by atoms with Crippen LogP contribution in [0.15, 0.2) is 30.3 Å². The maximum absolute atomic E-state index is 13.0. The lowest BCUT2D eigenvalue weighted by Crippen LogP contribution is -2.58. The highest BCUT2D eigenvalue weighted by atomic mass is 16.5. The molecule has 27 heavy (non-hydrogen) atoms. The molecule has 0 saturated carbocycles. The summed E-state index contributed by atoms with van der Waals surface area (Å²) >= 11 is 0. The third-order valence-corrected chi connectivity index (χ3v) is 5.45. The molecule has 1 fully saturated rings. The molecule has 0 aliphatic carbocycles. The van der Waals surface area contributed by atoms with Crippen LogP contribution in [-0.4, -0.2) is 43.7 Å². The van der Waals surface area contributed by atoms with E-state index in [-0.39, 0.29) is 23.6 Å². The summed E-state index contributed by atoms with van der Waals surface area (Å²) in [6.45, 7) is 6.57. The van der Waals surface area contributed by atoms with Gasteiger partial charge >= 0.3 is 0 Å². The predicted octanol–water partition coefficient (Wildman–Crippen LogP) is 3.59. The van der Waals surface area contributed by atoms with Crippen molar-refractivity contribution in [1.82, 2.24) is 4.90 Å². The molecule has 5 heteroatoms. The van der Waals surface area contributed by atoms with Crippen molar-refractivity contribution in [2.45, 2.75) is 26.8 Å². The van der Waals surface area contributed by atoms with Crippen molar-refractivity contribution in [2.75, 3.05) is 32.6 Å². The number of β-lactam (4-membered cyclic amide) rings is 1. The first-order valence-electron chi connectivity index (χ1n) is 9.17. The second kappa shape index (κ2) is 7.24. The fraction of sp³-hybridized carbons (Fsp3) is 0.409. The molecular formula is C22H28N2O3. The Balaban J connectivity index is 2.06. The molecule has 144 valence electrons. The average molecular weight is 368 g/mol. The van der Waals surface area contributed by atoms with Gasteiger partial charge in [0.25, 0.3) is 0 Å². The van der Waals surface area contributed by atoms with Crippen LogP contribution in [0.4, 0.5) is 5.69 Å². The molecule has 5 nitrogen and oxygen atoms in total. The zero-order valence-corrected chi connectivity index (χ0v) is 16.9. The molecule has 1 saturated heterocycles. The van der Waals surface area contributed by atoms with E-state index in [0.717, 1.165) is 33.7 Å². The van der Waals surface area contributed by atoms with Crippen LogP contribution in [-0.2, 0) is 4.79 Å². The maximum Gasteiger partial charge on any atom is 0.234 e. The Morgan fingerprint density at radius 3 is 2.41 bits per heavy atom. The molecule has 1 heterocycles. The Morgan fingerprint density at radius 2 is 1.81 bits per heavy atom. The average Bonchev–Trinajstić information content (AvgIpc) is 2.62. The standard InChI is InChI=1S/C22H28N2O3/c1-13-7-8-16(10-19(13)25)21-18(12-23(4)5)22(26)24(21)17-9-14(2)15(3)20(11-17)27-6/h7-11,18,21,25H,12H2,1-6H3/t18-,21+/m1/s1. The number of hydrogen-bond acceptors (Lipinski definition) is 4.